The van der Waals surface area contributed by atoms with Gasteiger partial charge in [0.2, 0.25) is 0 Å². The molecule has 0 spiro atoms. The minimum atomic E-state index is 0. The zero-order valence-corrected chi connectivity index (χ0v) is 5.81. The molecule has 0 saturated carbocycles. The monoisotopic (exact) mass is 197 g/mol. The van der Waals surface area contributed by atoms with Crippen molar-refractivity contribution in [3.05, 3.63) is 30.3 Å². The fourth-order valence-electron chi connectivity index (χ4n) is 0.428. The Morgan fingerprint density at radius 3 is 1.75 bits per heavy atom. The predicted octanol–water partition coefficient (Wildman–Crippen LogP) is 1.39. The van der Waals surface area contributed by atoms with Crippen LogP contribution in [0.5, 0.6) is 5.75 Å². The average Bonchev–Trinajstić information content (AvgIpc) is 1.69. The van der Waals surface area contributed by atoms with Crippen molar-refractivity contribution < 1.29 is 24.6 Å². The number of hydrogen-bond donors (Lipinski definition) is 1. The minimum Gasteiger partial charge on any atom is -0.508 e. The van der Waals surface area contributed by atoms with Crippen LogP contribution in [0.1, 0.15) is 0 Å². The molecule has 1 rings (SSSR count). The van der Waals surface area contributed by atoms with E-state index < -0.39 is 0 Å². The molecule has 8 heavy (non-hydrogen) atoms. The molecule has 0 amide bonds. The predicted molar refractivity (Wildman–Crippen MR) is 28.1 cm³/mol. The SMILES string of the molecule is Oc1ccccc1.[Rh]. The number of para-hydroxylation sites is 1. The van der Waals surface area contributed by atoms with Gasteiger partial charge in [-0.2, -0.15) is 0 Å². The van der Waals surface area contributed by atoms with E-state index in [1.54, 1.807) is 24.3 Å². The summed E-state index contributed by atoms with van der Waals surface area (Å²) in [5, 5.41) is 8.63. The summed E-state index contributed by atoms with van der Waals surface area (Å²) in [4.78, 5) is 0. The summed E-state index contributed by atoms with van der Waals surface area (Å²) in [6.45, 7) is 0. The second-order valence-electron chi connectivity index (χ2n) is 1.34. The Labute approximate surface area is 61.1 Å². The van der Waals surface area contributed by atoms with Crippen molar-refractivity contribution in [1.29, 1.82) is 0 Å². The molecule has 0 aliphatic rings. The van der Waals surface area contributed by atoms with Crippen LogP contribution < -0.4 is 0 Å². The van der Waals surface area contributed by atoms with E-state index in [0.717, 1.165) is 0 Å². The largest absolute Gasteiger partial charge is 0.508 e. The first-order valence-corrected chi connectivity index (χ1v) is 2.13. The fourth-order valence-corrected chi connectivity index (χ4v) is 0.428. The molecule has 0 bridgehead atoms. The standard InChI is InChI=1S/C6H6O.Rh/c7-6-4-2-1-3-5-6;/h1-5,7H;. The van der Waals surface area contributed by atoms with Crippen LogP contribution in [0.2, 0.25) is 0 Å². The van der Waals surface area contributed by atoms with E-state index in [1.807, 2.05) is 6.07 Å². The summed E-state index contributed by atoms with van der Waals surface area (Å²) in [6.07, 6.45) is 0. The van der Waals surface area contributed by atoms with Crippen molar-refractivity contribution in [3.8, 4) is 5.75 Å². The molecule has 0 aliphatic heterocycles. The molecule has 1 nitrogen and oxygen atoms in total. The van der Waals surface area contributed by atoms with E-state index in [0.29, 0.717) is 5.75 Å². The molecular weight excluding hydrogens is 191 g/mol. The van der Waals surface area contributed by atoms with E-state index in [4.69, 9.17) is 5.11 Å². The van der Waals surface area contributed by atoms with Gasteiger partial charge in [-0.05, 0) is 12.1 Å². The normalized spacial score (nSPS) is 7.50. The van der Waals surface area contributed by atoms with E-state index in [1.165, 1.54) is 0 Å². The number of hydrogen-bond acceptors (Lipinski definition) is 1. The quantitative estimate of drug-likeness (QED) is 0.623. The van der Waals surface area contributed by atoms with Gasteiger partial charge in [-0.25, -0.2) is 0 Å². The number of phenols is 1. The van der Waals surface area contributed by atoms with Gasteiger partial charge in [0, 0.05) is 19.5 Å². The van der Waals surface area contributed by atoms with Gasteiger partial charge >= 0.3 is 0 Å². The Morgan fingerprint density at radius 2 is 1.50 bits per heavy atom. The van der Waals surface area contributed by atoms with Crippen molar-refractivity contribution in [3.63, 3.8) is 0 Å². The van der Waals surface area contributed by atoms with Crippen LogP contribution in [-0.4, -0.2) is 5.11 Å². The Balaban J connectivity index is 0.000000490. The van der Waals surface area contributed by atoms with Gasteiger partial charge in [0.1, 0.15) is 5.75 Å². The van der Waals surface area contributed by atoms with Gasteiger partial charge < -0.3 is 5.11 Å². The third-order valence-electron chi connectivity index (χ3n) is 0.756. The maximum Gasteiger partial charge on any atom is 0.115 e. The summed E-state index contributed by atoms with van der Waals surface area (Å²) in [5.41, 5.74) is 0. The zero-order valence-electron chi connectivity index (χ0n) is 4.17. The Kier molecular flexibility index (Phi) is 3.46. The topological polar surface area (TPSA) is 20.2 Å². The second kappa shape index (κ2) is 3.62. The van der Waals surface area contributed by atoms with Crippen LogP contribution in [-0.2, 0) is 19.5 Å². The minimum absolute atomic E-state index is 0. The van der Waals surface area contributed by atoms with Crippen LogP contribution in [0.4, 0.5) is 0 Å². The van der Waals surface area contributed by atoms with E-state index in [2.05, 4.69) is 0 Å². The second-order valence-corrected chi connectivity index (χ2v) is 1.34. The van der Waals surface area contributed by atoms with Crippen molar-refractivity contribution in [1.82, 2.24) is 0 Å². The summed E-state index contributed by atoms with van der Waals surface area (Å²) >= 11 is 0. The van der Waals surface area contributed by atoms with Crippen LogP contribution in [0.25, 0.3) is 0 Å². The third-order valence-corrected chi connectivity index (χ3v) is 0.756. The Morgan fingerprint density at radius 1 is 1.00 bits per heavy atom. The third kappa shape index (κ3) is 2.08. The summed E-state index contributed by atoms with van der Waals surface area (Å²) in [7, 11) is 0. The molecule has 0 aliphatic carbocycles. The number of phenolic OH excluding ortho intramolecular Hbond substituents is 1. The van der Waals surface area contributed by atoms with Crippen LogP contribution in [0.3, 0.4) is 0 Å². The molecule has 1 radical (unpaired) electrons. The van der Waals surface area contributed by atoms with Gasteiger partial charge in [-0.1, -0.05) is 18.2 Å². The molecule has 0 saturated heterocycles. The first kappa shape index (κ1) is 7.64. The molecule has 0 heterocycles. The van der Waals surface area contributed by atoms with Crippen LogP contribution in [0.15, 0.2) is 30.3 Å². The zero-order chi connectivity index (χ0) is 5.11. The number of rotatable bonds is 0. The molecule has 0 fully saturated rings. The average molecular weight is 197 g/mol. The fraction of sp³-hybridized carbons (Fsp3) is 0. The maximum absolute atomic E-state index is 8.63. The molecule has 1 aromatic carbocycles. The Bertz CT molecular complexity index is 138. The molecule has 2 heteroatoms. The van der Waals surface area contributed by atoms with Crippen molar-refractivity contribution in [2.24, 2.45) is 0 Å². The van der Waals surface area contributed by atoms with Crippen LogP contribution >= 0.6 is 0 Å². The Hall–Kier alpha value is -0.357. The van der Waals surface area contributed by atoms with Crippen molar-refractivity contribution >= 4 is 0 Å². The smallest absolute Gasteiger partial charge is 0.115 e. The number of aromatic hydroxyl groups is 1. The number of benzene rings is 1. The first-order chi connectivity index (χ1) is 3.39. The molecule has 1 aromatic rings. The van der Waals surface area contributed by atoms with E-state index >= 15 is 0 Å². The van der Waals surface area contributed by atoms with Gasteiger partial charge in [0.05, 0.1) is 0 Å². The van der Waals surface area contributed by atoms with Crippen LogP contribution in [0, 0.1) is 0 Å². The molecule has 1 N–H and O–H groups in total. The molecule has 0 unspecified atom stereocenters. The first-order valence-electron chi connectivity index (χ1n) is 2.13. The molecule has 0 atom stereocenters. The van der Waals surface area contributed by atoms with Gasteiger partial charge in [-0.3, -0.25) is 0 Å². The summed E-state index contributed by atoms with van der Waals surface area (Å²) < 4.78 is 0. The van der Waals surface area contributed by atoms with Crippen molar-refractivity contribution in [2.45, 2.75) is 0 Å². The van der Waals surface area contributed by atoms with Gasteiger partial charge in [-0.15, -0.1) is 0 Å². The summed E-state index contributed by atoms with van der Waals surface area (Å²) in [5.74, 6) is 0.322. The molecular formula is C6H6ORh. The van der Waals surface area contributed by atoms with Gasteiger partial charge in [0.25, 0.3) is 0 Å². The van der Waals surface area contributed by atoms with E-state index in [9.17, 15) is 0 Å². The van der Waals surface area contributed by atoms with Crippen molar-refractivity contribution in [2.75, 3.05) is 0 Å². The van der Waals surface area contributed by atoms with E-state index in [-0.39, 0.29) is 19.5 Å². The molecule has 45 valence electrons. The molecule has 0 aromatic heterocycles. The van der Waals surface area contributed by atoms with Gasteiger partial charge in [0.15, 0.2) is 0 Å². The summed E-state index contributed by atoms with van der Waals surface area (Å²) in [6, 6.07) is 8.71. The maximum atomic E-state index is 8.63.